The number of hydrogen-bond donors (Lipinski definition) is 0. The topological polar surface area (TPSA) is 41.6 Å². The van der Waals surface area contributed by atoms with Crippen molar-refractivity contribution in [1.29, 1.82) is 5.26 Å². The molecule has 0 aliphatic carbocycles. The molecule has 1 heterocycles. The van der Waals surface area contributed by atoms with Gasteiger partial charge in [0.15, 0.2) is 5.82 Å². The van der Waals surface area contributed by atoms with Crippen LogP contribution in [0.5, 0.6) is 0 Å². The van der Waals surface area contributed by atoms with E-state index in [0.717, 1.165) is 5.69 Å². The third kappa shape index (κ3) is 1.93. The van der Waals surface area contributed by atoms with Crippen molar-refractivity contribution in [2.45, 2.75) is 5.88 Å². The van der Waals surface area contributed by atoms with Crippen molar-refractivity contribution in [3.8, 4) is 11.8 Å². The molecule has 0 saturated heterocycles. The molecule has 5 heteroatoms. The molecule has 0 amide bonds. The van der Waals surface area contributed by atoms with Crippen molar-refractivity contribution in [3.05, 3.63) is 59.7 Å². The van der Waals surface area contributed by atoms with Crippen molar-refractivity contribution in [2.24, 2.45) is 0 Å². The molecule has 0 aliphatic rings. The quantitative estimate of drug-likeness (QED) is 0.673. The minimum Gasteiger partial charge on any atom is -0.295 e. The molecule has 0 saturated carbocycles. The van der Waals surface area contributed by atoms with Gasteiger partial charge in [-0.25, -0.2) is 9.37 Å². The van der Waals surface area contributed by atoms with Crippen LogP contribution in [-0.4, -0.2) is 9.55 Å². The van der Waals surface area contributed by atoms with Gasteiger partial charge in [0, 0.05) is 5.69 Å². The first-order chi connectivity index (χ1) is 9.74. The van der Waals surface area contributed by atoms with E-state index in [0.29, 0.717) is 22.4 Å². The van der Waals surface area contributed by atoms with Crippen molar-refractivity contribution >= 4 is 22.6 Å². The fraction of sp³-hybridized carbons (Fsp3) is 0.0667. The van der Waals surface area contributed by atoms with Crippen molar-refractivity contribution in [3.63, 3.8) is 0 Å². The van der Waals surface area contributed by atoms with Gasteiger partial charge in [-0.2, -0.15) is 5.26 Å². The number of nitriles is 1. The maximum absolute atomic E-state index is 13.8. The van der Waals surface area contributed by atoms with Gasteiger partial charge in [0.1, 0.15) is 11.3 Å². The second-order valence-electron chi connectivity index (χ2n) is 4.26. The number of benzene rings is 2. The Morgan fingerprint density at radius 3 is 2.60 bits per heavy atom. The molecule has 2 aromatic carbocycles. The highest BCUT2D eigenvalue weighted by Crippen LogP contribution is 2.24. The fourth-order valence-electron chi connectivity index (χ4n) is 2.18. The summed E-state index contributed by atoms with van der Waals surface area (Å²) in [5, 5.41) is 8.83. The number of nitrogens with zero attached hydrogens (tertiary/aromatic N) is 3. The second-order valence-corrected chi connectivity index (χ2v) is 4.53. The molecule has 20 heavy (non-hydrogen) atoms. The number of halogens is 2. The summed E-state index contributed by atoms with van der Waals surface area (Å²) in [6.07, 6.45) is 0. The summed E-state index contributed by atoms with van der Waals surface area (Å²) >= 11 is 5.91. The first kappa shape index (κ1) is 12.6. The summed E-state index contributed by atoms with van der Waals surface area (Å²) in [4.78, 5) is 4.24. The van der Waals surface area contributed by atoms with E-state index in [9.17, 15) is 4.39 Å². The zero-order valence-electron chi connectivity index (χ0n) is 10.3. The van der Waals surface area contributed by atoms with E-state index >= 15 is 0 Å². The lowest BCUT2D eigenvalue weighted by molar-refractivity contribution is 0.637. The minimum absolute atomic E-state index is 0.175. The van der Waals surface area contributed by atoms with E-state index in [1.165, 1.54) is 6.07 Å². The predicted molar refractivity (Wildman–Crippen MR) is 75.3 cm³/mol. The van der Waals surface area contributed by atoms with Gasteiger partial charge in [0.25, 0.3) is 0 Å². The zero-order chi connectivity index (χ0) is 14.1. The summed E-state index contributed by atoms with van der Waals surface area (Å²) in [7, 11) is 0. The van der Waals surface area contributed by atoms with E-state index in [4.69, 9.17) is 16.9 Å². The highest BCUT2D eigenvalue weighted by atomic mass is 35.5. The number of alkyl halides is 1. The average molecular weight is 286 g/mol. The molecule has 0 N–H and O–H groups in total. The number of hydrogen-bond acceptors (Lipinski definition) is 2. The van der Waals surface area contributed by atoms with Crippen LogP contribution in [0.2, 0.25) is 0 Å². The van der Waals surface area contributed by atoms with Crippen LogP contribution in [0, 0.1) is 17.1 Å². The van der Waals surface area contributed by atoms with Gasteiger partial charge < -0.3 is 0 Å². The summed E-state index contributed by atoms with van der Waals surface area (Å²) in [5.41, 5.74) is 2.32. The van der Waals surface area contributed by atoms with Gasteiger partial charge in [-0.1, -0.05) is 6.07 Å². The van der Waals surface area contributed by atoms with Crippen LogP contribution in [0.25, 0.3) is 16.7 Å². The second kappa shape index (κ2) is 4.95. The van der Waals surface area contributed by atoms with Crippen LogP contribution in [-0.2, 0) is 5.88 Å². The van der Waals surface area contributed by atoms with Crippen LogP contribution >= 0.6 is 11.6 Å². The third-order valence-corrected chi connectivity index (χ3v) is 3.32. The molecule has 0 unspecified atom stereocenters. The normalized spacial score (nSPS) is 10.7. The van der Waals surface area contributed by atoms with Crippen LogP contribution in [0.4, 0.5) is 4.39 Å². The monoisotopic (exact) mass is 285 g/mol. The number of rotatable bonds is 2. The van der Waals surface area contributed by atoms with Crippen molar-refractivity contribution < 1.29 is 4.39 Å². The summed E-state index contributed by atoms with van der Waals surface area (Å²) in [5.74, 6) is 0.367. The van der Waals surface area contributed by atoms with Crippen molar-refractivity contribution in [2.75, 3.05) is 0 Å². The first-order valence-electron chi connectivity index (χ1n) is 5.97. The van der Waals surface area contributed by atoms with E-state index in [2.05, 4.69) is 11.1 Å². The zero-order valence-corrected chi connectivity index (χ0v) is 11.1. The largest absolute Gasteiger partial charge is 0.295 e. The molecule has 0 fully saturated rings. The molecule has 3 rings (SSSR count). The predicted octanol–water partition coefficient (Wildman–Crippen LogP) is 3.78. The first-order valence-corrected chi connectivity index (χ1v) is 6.50. The van der Waals surface area contributed by atoms with Gasteiger partial charge in [0.2, 0.25) is 0 Å². The molecule has 0 spiro atoms. The van der Waals surface area contributed by atoms with E-state index in [-0.39, 0.29) is 11.7 Å². The maximum atomic E-state index is 13.8. The van der Waals surface area contributed by atoms with E-state index < -0.39 is 0 Å². The lowest BCUT2D eigenvalue weighted by Crippen LogP contribution is -1.99. The lowest BCUT2D eigenvalue weighted by atomic mass is 10.2. The number of fused-ring (bicyclic) bond motifs is 1. The van der Waals surface area contributed by atoms with Crippen LogP contribution in [0.3, 0.4) is 0 Å². The summed E-state index contributed by atoms with van der Waals surface area (Å²) in [6.45, 7) is 0. The Balaban J connectivity index is 2.28. The fourth-order valence-corrected chi connectivity index (χ4v) is 2.36. The highest BCUT2D eigenvalue weighted by Gasteiger charge is 2.14. The Bertz CT molecular complexity index is 815. The van der Waals surface area contributed by atoms with E-state index in [1.807, 2.05) is 0 Å². The number of para-hydroxylation sites is 1. The molecule has 98 valence electrons. The molecule has 3 aromatic rings. The SMILES string of the molecule is N#Cc1ccc(-n2c(CCl)nc3c(F)cccc32)cc1. The van der Waals surface area contributed by atoms with Gasteiger partial charge in [-0.05, 0) is 36.4 Å². The van der Waals surface area contributed by atoms with Crippen molar-refractivity contribution in [1.82, 2.24) is 9.55 Å². The molecular formula is C15H9ClFN3. The molecule has 0 bridgehead atoms. The van der Waals surface area contributed by atoms with Crippen LogP contribution in [0.15, 0.2) is 42.5 Å². The Morgan fingerprint density at radius 1 is 1.20 bits per heavy atom. The van der Waals surface area contributed by atoms with Gasteiger partial charge in [-0.15, -0.1) is 11.6 Å². The minimum atomic E-state index is -0.374. The third-order valence-electron chi connectivity index (χ3n) is 3.08. The molecule has 0 atom stereocenters. The summed E-state index contributed by atoms with van der Waals surface area (Å²) < 4.78 is 15.6. The molecule has 1 aromatic heterocycles. The summed E-state index contributed by atoms with van der Waals surface area (Å²) in [6, 6.07) is 13.9. The average Bonchev–Trinajstić information content (AvgIpc) is 2.87. The Labute approximate surface area is 119 Å². The number of aromatic nitrogens is 2. The lowest BCUT2D eigenvalue weighted by Gasteiger charge is -2.07. The molecule has 0 radical (unpaired) electrons. The Hall–Kier alpha value is -2.38. The van der Waals surface area contributed by atoms with Crippen LogP contribution < -0.4 is 0 Å². The standard InChI is InChI=1S/C15H9ClFN3/c16-8-14-19-15-12(17)2-1-3-13(15)20(14)11-6-4-10(9-18)5-7-11/h1-7H,8H2. The Kier molecular flexibility index (Phi) is 3.13. The van der Waals surface area contributed by atoms with Gasteiger partial charge in [-0.3, -0.25) is 4.57 Å². The van der Waals surface area contributed by atoms with Crippen LogP contribution in [0.1, 0.15) is 11.4 Å². The maximum Gasteiger partial charge on any atom is 0.151 e. The smallest absolute Gasteiger partial charge is 0.151 e. The number of imidazole rings is 1. The Morgan fingerprint density at radius 2 is 1.95 bits per heavy atom. The molecule has 3 nitrogen and oxygen atoms in total. The molecule has 0 aliphatic heterocycles. The van der Waals surface area contributed by atoms with Gasteiger partial charge >= 0.3 is 0 Å². The van der Waals surface area contributed by atoms with E-state index in [1.54, 1.807) is 41.0 Å². The van der Waals surface area contributed by atoms with Gasteiger partial charge in [0.05, 0.1) is 23.0 Å². The molecular weight excluding hydrogens is 277 g/mol. The highest BCUT2D eigenvalue weighted by molar-refractivity contribution is 6.17.